The topological polar surface area (TPSA) is 3.24 Å². The molecule has 0 unspecified atom stereocenters. The molecule has 0 amide bonds. The largest absolute Gasteiger partial charge is 0.305 e. The predicted octanol–water partition coefficient (Wildman–Crippen LogP) is 3.34. The van der Waals surface area contributed by atoms with Crippen molar-refractivity contribution in [2.75, 3.05) is 14.1 Å². The fraction of sp³-hybridized carbons (Fsp3) is 0.429. The highest BCUT2D eigenvalue weighted by atomic mass is 15.0. The molecule has 0 aliphatic heterocycles. The Labute approximate surface area is 93.4 Å². The molecule has 0 fully saturated rings. The Bertz CT molecular complexity index is 326. The smallest absolute Gasteiger partial charge is 0.0233 e. The first-order valence-corrected chi connectivity index (χ1v) is 5.57. The number of hydrogen-bond donors (Lipinski definition) is 0. The first kappa shape index (κ1) is 12.0. The second kappa shape index (κ2) is 5.72. The van der Waals surface area contributed by atoms with Crippen LogP contribution in [0.2, 0.25) is 0 Å². The van der Waals surface area contributed by atoms with Gasteiger partial charge < -0.3 is 4.90 Å². The molecule has 1 nitrogen and oxygen atoms in total. The third kappa shape index (κ3) is 3.21. The Kier molecular flexibility index (Phi) is 4.57. The number of aryl methyl sites for hydroxylation is 1. The van der Waals surface area contributed by atoms with Crippen LogP contribution in [0.15, 0.2) is 24.8 Å². The molecule has 0 aliphatic carbocycles. The summed E-state index contributed by atoms with van der Waals surface area (Å²) in [5.41, 5.74) is 4.13. The first-order valence-electron chi connectivity index (χ1n) is 5.57. The molecule has 1 rings (SSSR count). The molecular formula is C14H21N. The van der Waals surface area contributed by atoms with E-state index >= 15 is 0 Å². The molecule has 1 aromatic carbocycles. The van der Waals surface area contributed by atoms with Crippen molar-refractivity contribution < 1.29 is 0 Å². The van der Waals surface area contributed by atoms with Crippen LogP contribution in [0.25, 0.3) is 6.08 Å². The zero-order chi connectivity index (χ0) is 11.3. The monoisotopic (exact) mass is 203 g/mol. The maximum Gasteiger partial charge on any atom is 0.0233 e. The fourth-order valence-corrected chi connectivity index (χ4v) is 1.89. The maximum absolute atomic E-state index is 3.92. The molecule has 0 spiro atoms. The molecule has 15 heavy (non-hydrogen) atoms. The van der Waals surface area contributed by atoms with Crippen molar-refractivity contribution >= 4 is 6.08 Å². The van der Waals surface area contributed by atoms with E-state index in [2.05, 4.69) is 50.7 Å². The summed E-state index contributed by atoms with van der Waals surface area (Å²) in [4.78, 5) is 2.19. The lowest BCUT2D eigenvalue weighted by Gasteiger charge is -2.15. The van der Waals surface area contributed by atoms with Crippen LogP contribution in [-0.2, 0) is 13.0 Å². The minimum absolute atomic E-state index is 0.985. The van der Waals surface area contributed by atoms with Gasteiger partial charge in [0.25, 0.3) is 0 Å². The van der Waals surface area contributed by atoms with Crippen molar-refractivity contribution in [1.29, 1.82) is 0 Å². The van der Waals surface area contributed by atoms with Crippen molar-refractivity contribution in [2.24, 2.45) is 0 Å². The van der Waals surface area contributed by atoms with Gasteiger partial charge in [0.1, 0.15) is 0 Å². The van der Waals surface area contributed by atoms with Crippen LogP contribution in [0.3, 0.4) is 0 Å². The van der Waals surface area contributed by atoms with Crippen molar-refractivity contribution in [2.45, 2.75) is 26.3 Å². The summed E-state index contributed by atoms with van der Waals surface area (Å²) < 4.78 is 0. The number of hydrogen-bond acceptors (Lipinski definition) is 1. The maximum atomic E-state index is 3.92. The van der Waals surface area contributed by atoms with Gasteiger partial charge in [-0.1, -0.05) is 44.2 Å². The normalized spacial score (nSPS) is 10.7. The molecule has 82 valence electrons. The molecular weight excluding hydrogens is 182 g/mol. The lowest BCUT2D eigenvalue weighted by Crippen LogP contribution is -2.12. The summed E-state index contributed by atoms with van der Waals surface area (Å²) in [5.74, 6) is 0. The van der Waals surface area contributed by atoms with Gasteiger partial charge in [-0.2, -0.15) is 0 Å². The minimum atomic E-state index is 0.985. The van der Waals surface area contributed by atoms with Crippen LogP contribution < -0.4 is 0 Å². The van der Waals surface area contributed by atoms with E-state index in [-0.39, 0.29) is 0 Å². The lowest BCUT2D eigenvalue weighted by atomic mass is 9.97. The Balaban J connectivity index is 3.04. The van der Waals surface area contributed by atoms with Crippen LogP contribution in [0.1, 0.15) is 30.0 Å². The summed E-state index contributed by atoms with van der Waals surface area (Å²) in [5, 5.41) is 0. The Hall–Kier alpha value is -1.08. The van der Waals surface area contributed by atoms with Crippen LogP contribution in [-0.4, -0.2) is 19.0 Å². The third-order valence-electron chi connectivity index (χ3n) is 2.50. The standard InChI is InChI=1S/C14H21N/c1-5-8-12-9-7-10-13(11-15(3)4)14(12)6-2/h6-7,9-10H,2,5,8,11H2,1,3-4H3. The fourth-order valence-electron chi connectivity index (χ4n) is 1.89. The average Bonchev–Trinajstić information content (AvgIpc) is 2.18. The van der Waals surface area contributed by atoms with Gasteiger partial charge in [-0.15, -0.1) is 0 Å². The molecule has 0 saturated heterocycles. The number of benzene rings is 1. The Morgan fingerprint density at radius 2 is 1.93 bits per heavy atom. The first-order chi connectivity index (χ1) is 7.19. The van der Waals surface area contributed by atoms with Crippen LogP contribution in [0, 0.1) is 0 Å². The van der Waals surface area contributed by atoms with E-state index < -0.39 is 0 Å². The van der Waals surface area contributed by atoms with Gasteiger partial charge in [0, 0.05) is 6.54 Å². The van der Waals surface area contributed by atoms with Gasteiger partial charge in [0.2, 0.25) is 0 Å². The van der Waals surface area contributed by atoms with E-state index in [0.717, 1.165) is 13.0 Å². The zero-order valence-electron chi connectivity index (χ0n) is 10.1. The van der Waals surface area contributed by atoms with Crippen LogP contribution >= 0.6 is 0 Å². The van der Waals surface area contributed by atoms with Gasteiger partial charge in [0.15, 0.2) is 0 Å². The molecule has 0 aliphatic rings. The van der Waals surface area contributed by atoms with E-state index in [1.807, 2.05) is 6.08 Å². The summed E-state index contributed by atoms with van der Waals surface area (Å²) in [6, 6.07) is 6.55. The minimum Gasteiger partial charge on any atom is -0.305 e. The molecule has 0 radical (unpaired) electrons. The Morgan fingerprint density at radius 3 is 2.47 bits per heavy atom. The van der Waals surface area contributed by atoms with E-state index in [4.69, 9.17) is 0 Å². The number of nitrogens with zero attached hydrogens (tertiary/aromatic N) is 1. The lowest BCUT2D eigenvalue weighted by molar-refractivity contribution is 0.402. The molecule has 0 aromatic heterocycles. The molecule has 0 N–H and O–H groups in total. The van der Waals surface area contributed by atoms with Crippen molar-refractivity contribution in [3.05, 3.63) is 41.5 Å². The molecule has 0 atom stereocenters. The van der Waals surface area contributed by atoms with Gasteiger partial charge in [-0.25, -0.2) is 0 Å². The summed E-state index contributed by atoms with van der Waals surface area (Å²) >= 11 is 0. The zero-order valence-corrected chi connectivity index (χ0v) is 10.1. The second-order valence-corrected chi connectivity index (χ2v) is 4.18. The quantitative estimate of drug-likeness (QED) is 0.709. The highest BCUT2D eigenvalue weighted by Crippen LogP contribution is 2.19. The molecule has 0 bridgehead atoms. The highest BCUT2D eigenvalue weighted by Gasteiger charge is 2.05. The van der Waals surface area contributed by atoms with Gasteiger partial charge >= 0.3 is 0 Å². The van der Waals surface area contributed by atoms with Crippen molar-refractivity contribution in [3.8, 4) is 0 Å². The molecule has 0 heterocycles. The summed E-state index contributed by atoms with van der Waals surface area (Å²) in [6.07, 6.45) is 4.32. The predicted molar refractivity (Wildman–Crippen MR) is 67.9 cm³/mol. The van der Waals surface area contributed by atoms with Crippen LogP contribution in [0.4, 0.5) is 0 Å². The molecule has 1 aromatic rings. The van der Waals surface area contributed by atoms with Gasteiger partial charge in [0.05, 0.1) is 0 Å². The van der Waals surface area contributed by atoms with Crippen molar-refractivity contribution in [3.63, 3.8) is 0 Å². The van der Waals surface area contributed by atoms with Gasteiger partial charge in [-0.3, -0.25) is 0 Å². The number of rotatable bonds is 5. The summed E-state index contributed by atoms with van der Waals surface area (Å²) in [7, 11) is 4.19. The third-order valence-corrected chi connectivity index (χ3v) is 2.50. The summed E-state index contributed by atoms with van der Waals surface area (Å²) in [6.45, 7) is 7.12. The highest BCUT2D eigenvalue weighted by molar-refractivity contribution is 5.56. The van der Waals surface area contributed by atoms with Crippen LogP contribution in [0.5, 0.6) is 0 Å². The van der Waals surface area contributed by atoms with Crippen molar-refractivity contribution in [1.82, 2.24) is 4.90 Å². The van der Waals surface area contributed by atoms with E-state index in [1.54, 1.807) is 0 Å². The average molecular weight is 203 g/mol. The molecule has 0 saturated carbocycles. The van der Waals surface area contributed by atoms with E-state index in [9.17, 15) is 0 Å². The Morgan fingerprint density at radius 1 is 1.27 bits per heavy atom. The second-order valence-electron chi connectivity index (χ2n) is 4.18. The van der Waals surface area contributed by atoms with Gasteiger partial charge in [-0.05, 0) is 37.2 Å². The molecule has 1 heteroatoms. The van der Waals surface area contributed by atoms with E-state index in [0.29, 0.717) is 0 Å². The SMILES string of the molecule is C=Cc1c(CCC)cccc1CN(C)C. The van der Waals surface area contributed by atoms with E-state index in [1.165, 1.54) is 23.1 Å².